The highest BCUT2D eigenvalue weighted by Gasteiger charge is 2.44. The predicted octanol–water partition coefficient (Wildman–Crippen LogP) is 2.47. The first kappa shape index (κ1) is 18.8. The van der Waals surface area contributed by atoms with Crippen LogP contribution in [0.15, 0.2) is 29.3 Å². The average Bonchev–Trinajstić information content (AvgIpc) is 2.48. The molecule has 25 heavy (non-hydrogen) atoms. The molecule has 0 fully saturated rings. The minimum atomic E-state index is -0.844. The second-order valence-electron chi connectivity index (χ2n) is 7.45. The van der Waals surface area contributed by atoms with Crippen molar-refractivity contribution in [3.63, 3.8) is 0 Å². The van der Waals surface area contributed by atoms with Crippen molar-refractivity contribution < 1.29 is 14.3 Å². The first-order valence-electron chi connectivity index (χ1n) is 8.17. The third-order valence-electron chi connectivity index (χ3n) is 4.28. The third-order valence-corrected chi connectivity index (χ3v) is 4.28. The van der Waals surface area contributed by atoms with Crippen LogP contribution < -0.4 is 11.1 Å². The van der Waals surface area contributed by atoms with Gasteiger partial charge in [-0.15, -0.1) is 0 Å². The maximum absolute atomic E-state index is 12.7. The quantitative estimate of drug-likeness (QED) is 0.763. The molecule has 7 nitrogen and oxygen atoms in total. The summed E-state index contributed by atoms with van der Waals surface area (Å²) in [5.41, 5.74) is 5.79. The number of rotatable bonds is 1. The van der Waals surface area contributed by atoms with Crippen LogP contribution in [-0.2, 0) is 15.1 Å². The SMILES string of the molecule is C[C@H]1C(=O)N(C)C(NC(=O)OC(C)(C)C)=N[C@]1(C)c1cccc(N)c1. The fourth-order valence-electron chi connectivity index (χ4n) is 2.70. The van der Waals surface area contributed by atoms with Crippen LogP contribution in [0.25, 0.3) is 0 Å². The van der Waals surface area contributed by atoms with Crippen LogP contribution in [0.1, 0.15) is 40.2 Å². The zero-order valence-corrected chi connectivity index (χ0v) is 15.6. The molecule has 0 spiro atoms. The van der Waals surface area contributed by atoms with Gasteiger partial charge in [-0.25, -0.2) is 9.79 Å². The highest BCUT2D eigenvalue weighted by atomic mass is 16.6. The summed E-state index contributed by atoms with van der Waals surface area (Å²) in [5, 5.41) is 2.58. The number of guanidine groups is 1. The Hall–Kier alpha value is -2.57. The summed E-state index contributed by atoms with van der Waals surface area (Å²) in [6, 6.07) is 7.27. The largest absolute Gasteiger partial charge is 0.444 e. The molecule has 0 saturated carbocycles. The summed E-state index contributed by atoms with van der Waals surface area (Å²) in [4.78, 5) is 30.8. The van der Waals surface area contributed by atoms with Crippen molar-refractivity contribution >= 4 is 23.6 Å². The van der Waals surface area contributed by atoms with E-state index in [-0.39, 0.29) is 11.9 Å². The van der Waals surface area contributed by atoms with E-state index in [4.69, 9.17) is 10.5 Å². The highest BCUT2D eigenvalue weighted by molar-refractivity contribution is 6.05. The lowest BCUT2D eigenvalue weighted by atomic mass is 9.79. The van der Waals surface area contributed by atoms with E-state index in [1.165, 1.54) is 4.90 Å². The molecule has 136 valence electrons. The number of hydrogen-bond acceptors (Lipinski definition) is 5. The molecule has 0 radical (unpaired) electrons. The van der Waals surface area contributed by atoms with E-state index in [1.54, 1.807) is 40.0 Å². The lowest BCUT2D eigenvalue weighted by Crippen LogP contribution is -2.55. The van der Waals surface area contributed by atoms with Gasteiger partial charge in [0.25, 0.3) is 0 Å². The normalized spacial score (nSPS) is 23.9. The smallest absolute Gasteiger partial charge is 0.414 e. The number of nitrogens with two attached hydrogens (primary N) is 1. The molecule has 0 unspecified atom stereocenters. The maximum Gasteiger partial charge on any atom is 0.414 e. The Kier molecular flexibility index (Phi) is 4.79. The van der Waals surface area contributed by atoms with Gasteiger partial charge in [-0.05, 0) is 45.4 Å². The molecule has 1 aliphatic rings. The monoisotopic (exact) mass is 346 g/mol. The zero-order valence-electron chi connectivity index (χ0n) is 15.6. The summed E-state index contributed by atoms with van der Waals surface area (Å²) in [7, 11) is 1.58. The van der Waals surface area contributed by atoms with E-state index in [1.807, 2.05) is 26.0 Å². The van der Waals surface area contributed by atoms with E-state index in [0.29, 0.717) is 5.69 Å². The molecule has 0 bridgehead atoms. The molecule has 1 heterocycles. The fourth-order valence-corrected chi connectivity index (χ4v) is 2.70. The van der Waals surface area contributed by atoms with Crippen LogP contribution in [0.5, 0.6) is 0 Å². The van der Waals surface area contributed by atoms with Crippen LogP contribution in [0.2, 0.25) is 0 Å². The van der Waals surface area contributed by atoms with Gasteiger partial charge in [0.2, 0.25) is 11.9 Å². The van der Waals surface area contributed by atoms with Gasteiger partial charge in [-0.2, -0.15) is 0 Å². The van der Waals surface area contributed by atoms with Crippen molar-refractivity contribution in [3.05, 3.63) is 29.8 Å². The number of carbonyl (C=O) groups is 2. The molecule has 0 saturated heterocycles. The standard InChI is InChI=1S/C18H26N4O3/c1-11-14(23)22(6)15(20-16(24)25-17(2,3)4)21-18(11,5)12-8-7-9-13(19)10-12/h7-11H,19H2,1-6H3,(H,20,21,24)/t11-,18-/m0/s1. The van der Waals surface area contributed by atoms with Crippen LogP contribution in [0, 0.1) is 5.92 Å². The number of hydrogen-bond donors (Lipinski definition) is 2. The summed E-state index contributed by atoms with van der Waals surface area (Å²) in [6.45, 7) is 8.97. The molecular formula is C18H26N4O3. The van der Waals surface area contributed by atoms with Gasteiger partial charge in [0, 0.05) is 12.7 Å². The maximum atomic E-state index is 12.7. The Morgan fingerprint density at radius 3 is 2.60 bits per heavy atom. The van der Waals surface area contributed by atoms with Gasteiger partial charge in [-0.1, -0.05) is 19.1 Å². The minimum Gasteiger partial charge on any atom is -0.444 e. The van der Waals surface area contributed by atoms with Crippen LogP contribution in [0.3, 0.4) is 0 Å². The van der Waals surface area contributed by atoms with E-state index < -0.39 is 23.2 Å². The third kappa shape index (κ3) is 3.92. The van der Waals surface area contributed by atoms with Gasteiger partial charge in [0.1, 0.15) is 5.60 Å². The molecule has 1 aromatic rings. The molecule has 3 N–H and O–H groups in total. The minimum absolute atomic E-state index is 0.147. The summed E-state index contributed by atoms with van der Waals surface area (Å²) in [5.74, 6) is -0.406. The van der Waals surface area contributed by atoms with Gasteiger partial charge in [0.15, 0.2) is 0 Å². The molecule has 0 aromatic heterocycles. The Labute approximate surface area is 148 Å². The van der Waals surface area contributed by atoms with Crippen molar-refractivity contribution in [2.24, 2.45) is 10.9 Å². The Morgan fingerprint density at radius 1 is 1.40 bits per heavy atom. The van der Waals surface area contributed by atoms with Crippen molar-refractivity contribution in [2.75, 3.05) is 12.8 Å². The zero-order chi connectivity index (χ0) is 19.0. The molecule has 1 aliphatic heterocycles. The number of amides is 2. The van der Waals surface area contributed by atoms with E-state index in [2.05, 4.69) is 10.3 Å². The number of nitrogens with one attached hydrogen (secondary N) is 1. The highest BCUT2D eigenvalue weighted by Crippen LogP contribution is 2.38. The Bertz CT molecular complexity index is 723. The molecule has 2 atom stereocenters. The first-order valence-corrected chi connectivity index (χ1v) is 8.17. The fraction of sp³-hybridized carbons (Fsp3) is 0.500. The second-order valence-corrected chi connectivity index (χ2v) is 7.45. The number of aliphatic imine (C=N–C) groups is 1. The summed E-state index contributed by atoms with van der Waals surface area (Å²) in [6.07, 6.45) is -0.657. The topological polar surface area (TPSA) is 97.0 Å². The van der Waals surface area contributed by atoms with Gasteiger partial charge >= 0.3 is 6.09 Å². The summed E-state index contributed by atoms with van der Waals surface area (Å²) >= 11 is 0. The molecule has 0 aliphatic carbocycles. The number of ether oxygens (including phenoxy) is 1. The number of benzene rings is 1. The number of carbonyl (C=O) groups excluding carboxylic acids is 2. The van der Waals surface area contributed by atoms with Crippen molar-refractivity contribution in [1.29, 1.82) is 0 Å². The van der Waals surface area contributed by atoms with Crippen molar-refractivity contribution in [3.8, 4) is 0 Å². The molecule has 2 amide bonds. The Balaban J connectivity index is 2.41. The Morgan fingerprint density at radius 2 is 2.04 bits per heavy atom. The lowest BCUT2D eigenvalue weighted by Gasteiger charge is -2.40. The number of nitrogens with zero attached hydrogens (tertiary/aromatic N) is 2. The molecular weight excluding hydrogens is 320 g/mol. The van der Waals surface area contributed by atoms with Gasteiger partial charge < -0.3 is 10.5 Å². The summed E-state index contributed by atoms with van der Waals surface area (Å²) < 4.78 is 5.26. The predicted molar refractivity (Wildman–Crippen MR) is 96.9 cm³/mol. The number of alkyl carbamates (subject to hydrolysis) is 1. The van der Waals surface area contributed by atoms with Gasteiger partial charge in [-0.3, -0.25) is 15.0 Å². The van der Waals surface area contributed by atoms with Crippen molar-refractivity contribution in [2.45, 2.75) is 45.8 Å². The van der Waals surface area contributed by atoms with Crippen molar-refractivity contribution in [1.82, 2.24) is 10.2 Å². The van der Waals surface area contributed by atoms with E-state index in [0.717, 1.165) is 5.56 Å². The molecule has 1 aromatic carbocycles. The van der Waals surface area contributed by atoms with Crippen LogP contribution >= 0.6 is 0 Å². The van der Waals surface area contributed by atoms with E-state index >= 15 is 0 Å². The lowest BCUT2D eigenvalue weighted by molar-refractivity contribution is -0.133. The van der Waals surface area contributed by atoms with E-state index in [9.17, 15) is 9.59 Å². The molecule has 2 rings (SSSR count). The average molecular weight is 346 g/mol. The second kappa shape index (κ2) is 6.38. The van der Waals surface area contributed by atoms with Gasteiger partial charge in [0.05, 0.1) is 11.5 Å². The number of nitrogen functional groups attached to an aromatic ring is 1. The number of anilines is 1. The van der Waals surface area contributed by atoms with Crippen LogP contribution in [-0.4, -0.2) is 35.5 Å². The van der Waals surface area contributed by atoms with Crippen LogP contribution in [0.4, 0.5) is 10.5 Å². The molecule has 7 heteroatoms. The first-order chi connectivity index (χ1) is 11.4.